The van der Waals surface area contributed by atoms with Gasteiger partial charge in [0.2, 0.25) is 0 Å². The number of benzene rings is 1. The molecule has 1 saturated heterocycles. The Balaban J connectivity index is 2.14. The van der Waals surface area contributed by atoms with Gasteiger partial charge in [-0.3, -0.25) is 14.9 Å². The minimum absolute atomic E-state index is 0.0302. The highest BCUT2D eigenvalue weighted by Crippen LogP contribution is 2.26. The zero-order valence-corrected chi connectivity index (χ0v) is 13.4. The Morgan fingerprint density at radius 2 is 1.95 bits per heavy atom. The predicted molar refractivity (Wildman–Crippen MR) is 81.9 cm³/mol. The van der Waals surface area contributed by atoms with E-state index in [0.29, 0.717) is 25.9 Å². The highest BCUT2D eigenvalue weighted by atomic mass is 35.5. The normalized spacial score (nSPS) is 16.5. The average Bonchev–Trinajstić information content (AvgIpc) is 2.46. The summed E-state index contributed by atoms with van der Waals surface area (Å²) in [6.07, 6.45) is 1.94. The highest BCUT2D eigenvalue weighted by Gasteiger charge is 2.29. The number of hydrogen-bond donors (Lipinski definition) is 0. The van der Waals surface area contributed by atoms with E-state index in [1.165, 1.54) is 23.3 Å². The monoisotopic (exact) mass is 346 g/mol. The van der Waals surface area contributed by atoms with Crippen LogP contribution in [-0.2, 0) is 9.84 Å². The molecule has 0 atom stereocenters. The maximum absolute atomic E-state index is 12.4. The second-order valence-electron chi connectivity index (χ2n) is 5.24. The molecule has 0 bridgehead atoms. The van der Waals surface area contributed by atoms with E-state index in [-0.39, 0.29) is 22.2 Å². The third kappa shape index (κ3) is 3.56. The fraction of sp³-hybridized carbons (Fsp3) is 0.462. The molecule has 22 heavy (non-hydrogen) atoms. The van der Waals surface area contributed by atoms with Gasteiger partial charge in [-0.2, -0.15) is 0 Å². The van der Waals surface area contributed by atoms with E-state index in [9.17, 15) is 23.3 Å². The molecule has 1 aromatic carbocycles. The number of hydrogen-bond acceptors (Lipinski definition) is 5. The first-order chi connectivity index (χ1) is 10.2. The van der Waals surface area contributed by atoms with Crippen molar-refractivity contribution in [2.24, 2.45) is 0 Å². The van der Waals surface area contributed by atoms with Crippen molar-refractivity contribution in [2.75, 3.05) is 19.3 Å². The van der Waals surface area contributed by atoms with Gasteiger partial charge in [-0.1, -0.05) is 11.6 Å². The van der Waals surface area contributed by atoms with E-state index < -0.39 is 20.0 Å². The minimum atomic E-state index is -3.11. The zero-order valence-electron chi connectivity index (χ0n) is 11.9. The number of carbonyl (C=O) groups excluding carboxylic acids is 1. The predicted octanol–water partition coefficient (Wildman–Crippen LogP) is 1.90. The van der Waals surface area contributed by atoms with Crippen molar-refractivity contribution in [1.29, 1.82) is 0 Å². The summed E-state index contributed by atoms with van der Waals surface area (Å²) in [5.41, 5.74) is -0.146. The lowest BCUT2D eigenvalue weighted by Crippen LogP contribution is -2.42. The molecule has 0 unspecified atom stereocenters. The number of halogens is 1. The molecule has 2 rings (SSSR count). The fourth-order valence-electron chi connectivity index (χ4n) is 2.46. The van der Waals surface area contributed by atoms with Gasteiger partial charge in [0.25, 0.3) is 11.6 Å². The number of carbonyl (C=O) groups is 1. The van der Waals surface area contributed by atoms with Crippen molar-refractivity contribution >= 4 is 33.0 Å². The average molecular weight is 347 g/mol. The first kappa shape index (κ1) is 16.7. The second-order valence-corrected chi connectivity index (χ2v) is 7.98. The standard InChI is InChI=1S/C13H15ClN2O5S/c1-22(20,21)10-4-6-15(7-5-10)13(17)9-2-3-11(14)12(8-9)16(18)19/h2-3,8,10H,4-7H2,1H3. The smallest absolute Gasteiger partial charge is 0.288 e. The van der Waals surface area contributed by atoms with Crippen LogP contribution in [0.3, 0.4) is 0 Å². The lowest BCUT2D eigenvalue weighted by atomic mass is 10.1. The van der Waals surface area contributed by atoms with Gasteiger partial charge in [-0.25, -0.2) is 8.42 Å². The first-order valence-corrected chi connectivity index (χ1v) is 8.95. The van der Waals surface area contributed by atoms with Crippen LogP contribution in [0.15, 0.2) is 18.2 Å². The molecule has 120 valence electrons. The van der Waals surface area contributed by atoms with E-state index in [2.05, 4.69) is 0 Å². The topological polar surface area (TPSA) is 97.6 Å². The summed E-state index contributed by atoms with van der Waals surface area (Å²) in [6, 6.07) is 3.89. The summed E-state index contributed by atoms with van der Waals surface area (Å²) in [4.78, 5) is 24.1. The van der Waals surface area contributed by atoms with E-state index in [1.54, 1.807) is 0 Å². The SMILES string of the molecule is CS(=O)(=O)C1CCN(C(=O)c2ccc(Cl)c([N+](=O)[O-])c2)CC1. The molecule has 1 aliphatic rings. The van der Waals surface area contributed by atoms with Gasteiger partial charge in [0, 0.05) is 31.0 Å². The Labute approximate surface area is 132 Å². The Bertz CT molecular complexity index is 711. The molecular formula is C13H15ClN2O5S. The van der Waals surface area contributed by atoms with Crippen LogP contribution < -0.4 is 0 Å². The Kier molecular flexibility index (Phi) is 4.72. The zero-order chi connectivity index (χ0) is 16.5. The molecule has 1 amide bonds. The molecule has 0 aromatic heterocycles. The third-order valence-electron chi connectivity index (χ3n) is 3.72. The van der Waals surface area contributed by atoms with E-state index in [0.717, 1.165) is 6.07 Å². The first-order valence-electron chi connectivity index (χ1n) is 6.62. The molecule has 1 aromatic rings. The Hall–Kier alpha value is -1.67. The van der Waals surface area contributed by atoms with Gasteiger partial charge >= 0.3 is 0 Å². The molecule has 0 spiro atoms. The summed E-state index contributed by atoms with van der Waals surface area (Å²) >= 11 is 5.72. The Morgan fingerprint density at radius 1 is 1.36 bits per heavy atom. The van der Waals surface area contributed by atoms with Crippen molar-refractivity contribution in [3.05, 3.63) is 38.9 Å². The van der Waals surface area contributed by atoms with Crippen LogP contribution in [0.25, 0.3) is 0 Å². The van der Waals surface area contributed by atoms with Gasteiger partial charge in [-0.05, 0) is 25.0 Å². The largest absolute Gasteiger partial charge is 0.339 e. The van der Waals surface area contributed by atoms with Crippen molar-refractivity contribution in [3.8, 4) is 0 Å². The molecule has 1 aliphatic heterocycles. The molecular weight excluding hydrogens is 332 g/mol. The quantitative estimate of drug-likeness (QED) is 0.615. The summed E-state index contributed by atoms with van der Waals surface area (Å²) in [6.45, 7) is 0.625. The molecule has 9 heteroatoms. The van der Waals surface area contributed by atoms with Crippen LogP contribution in [0, 0.1) is 10.1 Å². The van der Waals surface area contributed by atoms with E-state index in [1.807, 2.05) is 0 Å². The number of likely N-dealkylation sites (tertiary alicyclic amines) is 1. The molecule has 0 aliphatic carbocycles. The van der Waals surface area contributed by atoms with Crippen LogP contribution in [0.1, 0.15) is 23.2 Å². The van der Waals surface area contributed by atoms with Gasteiger partial charge in [-0.15, -0.1) is 0 Å². The van der Waals surface area contributed by atoms with Crippen LogP contribution >= 0.6 is 11.6 Å². The van der Waals surface area contributed by atoms with Crippen LogP contribution in [0.4, 0.5) is 5.69 Å². The second kappa shape index (κ2) is 6.21. The van der Waals surface area contributed by atoms with Gasteiger partial charge in [0.05, 0.1) is 10.2 Å². The number of amides is 1. The van der Waals surface area contributed by atoms with Crippen molar-refractivity contribution < 1.29 is 18.1 Å². The summed E-state index contributed by atoms with van der Waals surface area (Å²) in [5.74, 6) is -0.355. The van der Waals surface area contributed by atoms with Crippen molar-refractivity contribution in [1.82, 2.24) is 4.90 Å². The summed E-state index contributed by atoms with van der Waals surface area (Å²) in [5, 5.41) is 10.4. The molecule has 0 radical (unpaired) electrons. The number of sulfone groups is 1. The van der Waals surface area contributed by atoms with Gasteiger partial charge in [0.15, 0.2) is 0 Å². The van der Waals surface area contributed by atoms with Gasteiger partial charge in [0.1, 0.15) is 14.9 Å². The lowest BCUT2D eigenvalue weighted by Gasteiger charge is -2.31. The van der Waals surface area contributed by atoms with Gasteiger partial charge < -0.3 is 4.90 Å². The maximum Gasteiger partial charge on any atom is 0.288 e. The van der Waals surface area contributed by atoms with E-state index >= 15 is 0 Å². The molecule has 0 saturated carbocycles. The number of rotatable bonds is 3. The third-order valence-corrected chi connectivity index (χ3v) is 5.73. The number of nitro benzene ring substituents is 1. The molecule has 7 nitrogen and oxygen atoms in total. The summed E-state index contributed by atoms with van der Waals surface area (Å²) in [7, 11) is -3.11. The fourth-order valence-corrected chi connectivity index (χ4v) is 3.71. The molecule has 0 N–H and O–H groups in total. The van der Waals surface area contributed by atoms with Crippen LogP contribution in [0.2, 0.25) is 5.02 Å². The molecule has 1 heterocycles. The van der Waals surface area contributed by atoms with Crippen LogP contribution in [0.5, 0.6) is 0 Å². The Morgan fingerprint density at radius 3 is 2.45 bits per heavy atom. The van der Waals surface area contributed by atoms with Crippen LogP contribution in [-0.4, -0.2) is 48.7 Å². The number of nitrogens with zero attached hydrogens (tertiary/aromatic N) is 2. The van der Waals surface area contributed by atoms with Crippen molar-refractivity contribution in [2.45, 2.75) is 18.1 Å². The number of nitro groups is 1. The van der Waals surface area contributed by atoms with E-state index in [4.69, 9.17) is 11.6 Å². The maximum atomic E-state index is 12.4. The minimum Gasteiger partial charge on any atom is -0.339 e. The highest BCUT2D eigenvalue weighted by molar-refractivity contribution is 7.91. The number of piperidine rings is 1. The van der Waals surface area contributed by atoms with Crippen molar-refractivity contribution in [3.63, 3.8) is 0 Å². The lowest BCUT2D eigenvalue weighted by molar-refractivity contribution is -0.384. The summed E-state index contributed by atoms with van der Waals surface area (Å²) < 4.78 is 23.0. The molecule has 1 fully saturated rings.